The minimum atomic E-state index is 0.278. The molecule has 0 aromatic rings. The Morgan fingerprint density at radius 2 is 2.43 bits per heavy atom. The Morgan fingerprint density at radius 3 is 2.43 bits per heavy atom. The number of hydrogen-bond acceptors (Lipinski definition) is 1. The maximum atomic E-state index is 3.69. The van der Waals surface area contributed by atoms with E-state index in [-0.39, 0.29) is 5.54 Å². The lowest BCUT2D eigenvalue weighted by Crippen LogP contribution is -2.52. The average molecular weight is 97.2 g/mol. The first-order valence-electron chi connectivity index (χ1n) is 2.65. The number of rotatable bonds is 1. The van der Waals surface area contributed by atoms with Gasteiger partial charge in [-0.15, -0.1) is 6.58 Å². The fourth-order valence-corrected chi connectivity index (χ4v) is 0.694. The first-order chi connectivity index (χ1) is 3.27. The quantitative estimate of drug-likeness (QED) is 0.480. The Morgan fingerprint density at radius 1 is 1.86 bits per heavy atom. The van der Waals surface area contributed by atoms with Gasteiger partial charge in [0.15, 0.2) is 0 Å². The molecule has 1 fully saturated rings. The van der Waals surface area contributed by atoms with Gasteiger partial charge < -0.3 is 5.32 Å². The molecule has 1 aliphatic heterocycles. The summed E-state index contributed by atoms with van der Waals surface area (Å²) in [6, 6.07) is 0. The van der Waals surface area contributed by atoms with E-state index < -0.39 is 0 Å². The van der Waals surface area contributed by atoms with E-state index in [2.05, 4.69) is 18.8 Å². The van der Waals surface area contributed by atoms with Gasteiger partial charge in [-0.3, -0.25) is 0 Å². The normalized spacial score (nSPS) is 39.6. The van der Waals surface area contributed by atoms with Crippen LogP contribution in [0.1, 0.15) is 13.3 Å². The van der Waals surface area contributed by atoms with Crippen molar-refractivity contribution < 1.29 is 0 Å². The SMILES string of the molecule is C=CC1(C)CCN1. The predicted molar refractivity (Wildman–Crippen MR) is 31.2 cm³/mol. The van der Waals surface area contributed by atoms with E-state index in [0.717, 1.165) is 6.54 Å². The first kappa shape index (κ1) is 4.85. The van der Waals surface area contributed by atoms with Crippen LogP contribution in [0.4, 0.5) is 0 Å². The predicted octanol–water partition coefficient (Wildman–Crippen LogP) is 0.924. The molecule has 40 valence electrons. The Hall–Kier alpha value is -0.300. The fraction of sp³-hybridized carbons (Fsp3) is 0.667. The molecule has 0 aromatic heterocycles. The van der Waals surface area contributed by atoms with E-state index in [4.69, 9.17) is 0 Å². The fourth-order valence-electron chi connectivity index (χ4n) is 0.694. The third-order valence-corrected chi connectivity index (χ3v) is 1.62. The Balaban J connectivity index is 2.43. The number of nitrogens with one attached hydrogen (secondary N) is 1. The summed E-state index contributed by atoms with van der Waals surface area (Å²) in [6.07, 6.45) is 3.22. The van der Waals surface area contributed by atoms with Crippen molar-refractivity contribution in [2.45, 2.75) is 18.9 Å². The van der Waals surface area contributed by atoms with E-state index in [9.17, 15) is 0 Å². The highest BCUT2D eigenvalue weighted by atomic mass is 15.0. The summed E-state index contributed by atoms with van der Waals surface area (Å²) in [7, 11) is 0. The second-order valence-corrected chi connectivity index (χ2v) is 2.30. The zero-order valence-corrected chi connectivity index (χ0v) is 4.70. The summed E-state index contributed by atoms with van der Waals surface area (Å²) in [4.78, 5) is 0. The molecule has 1 atom stereocenters. The molecule has 1 heteroatoms. The summed E-state index contributed by atoms with van der Waals surface area (Å²) in [5.74, 6) is 0. The molecule has 1 rings (SSSR count). The van der Waals surface area contributed by atoms with Crippen molar-refractivity contribution in [2.75, 3.05) is 6.54 Å². The van der Waals surface area contributed by atoms with Crippen LogP contribution >= 0.6 is 0 Å². The molecule has 0 aromatic carbocycles. The molecule has 0 bridgehead atoms. The monoisotopic (exact) mass is 97.1 g/mol. The summed E-state index contributed by atoms with van der Waals surface area (Å²) in [5.41, 5.74) is 0.278. The highest BCUT2D eigenvalue weighted by Crippen LogP contribution is 2.17. The van der Waals surface area contributed by atoms with Gasteiger partial charge >= 0.3 is 0 Å². The van der Waals surface area contributed by atoms with Crippen LogP contribution in [0.2, 0.25) is 0 Å². The van der Waals surface area contributed by atoms with Crippen LogP contribution in [-0.4, -0.2) is 12.1 Å². The van der Waals surface area contributed by atoms with Gasteiger partial charge in [-0.2, -0.15) is 0 Å². The molecule has 0 aliphatic carbocycles. The summed E-state index contributed by atoms with van der Waals surface area (Å²) >= 11 is 0. The van der Waals surface area contributed by atoms with Crippen LogP contribution in [-0.2, 0) is 0 Å². The smallest absolute Gasteiger partial charge is 0.0345 e. The van der Waals surface area contributed by atoms with Crippen LogP contribution in [0.5, 0.6) is 0 Å². The lowest BCUT2D eigenvalue weighted by atomic mass is 9.91. The molecule has 1 heterocycles. The zero-order chi connectivity index (χ0) is 5.33. The molecule has 1 unspecified atom stereocenters. The molecule has 7 heavy (non-hydrogen) atoms. The van der Waals surface area contributed by atoms with Gasteiger partial charge in [-0.1, -0.05) is 6.08 Å². The van der Waals surface area contributed by atoms with Gasteiger partial charge in [-0.05, 0) is 19.9 Å². The Kier molecular flexibility index (Phi) is 0.927. The molecule has 1 aliphatic rings. The van der Waals surface area contributed by atoms with Crippen molar-refractivity contribution in [3.63, 3.8) is 0 Å². The Labute approximate surface area is 44.4 Å². The second kappa shape index (κ2) is 1.34. The van der Waals surface area contributed by atoms with Crippen molar-refractivity contribution in [1.82, 2.24) is 5.32 Å². The van der Waals surface area contributed by atoms with E-state index in [0.29, 0.717) is 0 Å². The van der Waals surface area contributed by atoms with Gasteiger partial charge in [0.25, 0.3) is 0 Å². The van der Waals surface area contributed by atoms with Crippen LogP contribution in [0.25, 0.3) is 0 Å². The average Bonchev–Trinajstić information content (AvgIpc) is 1.61. The van der Waals surface area contributed by atoms with Crippen molar-refractivity contribution >= 4 is 0 Å². The third-order valence-electron chi connectivity index (χ3n) is 1.62. The summed E-state index contributed by atoms with van der Waals surface area (Å²) in [5, 5.41) is 3.25. The number of hydrogen-bond donors (Lipinski definition) is 1. The molecular weight excluding hydrogens is 86.1 g/mol. The van der Waals surface area contributed by atoms with Gasteiger partial charge in [0.05, 0.1) is 0 Å². The second-order valence-electron chi connectivity index (χ2n) is 2.30. The molecule has 0 radical (unpaired) electrons. The highest BCUT2D eigenvalue weighted by molar-refractivity contribution is 5.05. The van der Waals surface area contributed by atoms with Crippen LogP contribution in [0, 0.1) is 0 Å². The minimum absolute atomic E-state index is 0.278. The van der Waals surface area contributed by atoms with Crippen LogP contribution < -0.4 is 5.32 Å². The van der Waals surface area contributed by atoms with Crippen LogP contribution in [0.15, 0.2) is 12.7 Å². The standard InChI is InChI=1S/C6H11N/c1-3-6(2)4-5-7-6/h3,7H,1,4-5H2,2H3. The molecule has 0 saturated carbocycles. The first-order valence-corrected chi connectivity index (χ1v) is 2.65. The van der Waals surface area contributed by atoms with Crippen molar-refractivity contribution in [1.29, 1.82) is 0 Å². The van der Waals surface area contributed by atoms with Gasteiger partial charge in [0, 0.05) is 5.54 Å². The molecule has 0 amide bonds. The highest BCUT2D eigenvalue weighted by Gasteiger charge is 2.26. The maximum Gasteiger partial charge on any atom is 0.0345 e. The van der Waals surface area contributed by atoms with Gasteiger partial charge in [0.2, 0.25) is 0 Å². The molecule has 1 nitrogen and oxygen atoms in total. The maximum absolute atomic E-state index is 3.69. The Bertz CT molecular complexity index is 82.2. The zero-order valence-electron chi connectivity index (χ0n) is 4.70. The third kappa shape index (κ3) is 0.682. The van der Waals surface area contributed by atoms with E-state index in [1.807, 2.05) is 6.08 Å². The van der Waals surface area contributed by atoms with Crippen LogP contribution in [0.3, 0.4) is 0 Å². The molecular formula is C6H11N. The minimum Gasteiger partial charge on any atom is -0.308 e. The van der Waals surface area contributed by atoms with Gasteiger partial charge in [0.1, 0.15) is 0 Å². The molecule has 1 saturated heterocycles. The molecule has 1 N–H and O–H groups in total. The van der Waals surface area contributed by atoms with Crippen molar-refractivity contribution in [3.8, 4) is 0 Å². The van der Waals surface area contributed by atoms with Gasteiger partial charge in [-0.25, -0.2) is 0 Å². The summed E-state index contributed by atoms with van der Waals surface area (Å²) < 4.78 is 0. The lowest BCUT2D eigenvalue weighted by Gasteiger charge is -2.36. The lowest BCUT2D eigenvalue weighted by molar-refractivity contribution is 0.300. The van der Waals surface area contributed by atoms with E-state index in [1.165, 1.54) is 6.42 Å². The van der Waals surface area contributed by atoms with E-state index in [1.54, 1.807) is 0 Å². The van der Waals surface area contributed by atoms with E-state index >= 15 is 0 Å². The summed E-state index contributed by atoms with van der Waals surface area (Å²) in [6.45, 7) is 7.00. The molecule has 0 spiro atoms. The topological polar surface area (TPSA) is 12.0 Å². The van der Waals surface area contributed by atoms with Crippen molar-refractivity contribution in [2.24, 2.45) is 0 Å². The largest absolute Gasteiger partial charge is 0.308 e. The van der Waals surface area contributed by atoms with Crippen molar-refractivity contribution in [3.05, 3.63) is 12.7 Å².